The number of hydrogen-bond donors (Lipinski definition) is 2. The Hall–Kier alpha value is -1.19. The molecule has 1 atom stereocenters. The Bertz CT molecular complexity index is 583. The van der Waals surface area contributed by atoms with Crippen molar-refractivity contribution in [3.05, 3.63) is 10.6 Å². The number of nitrogens with one attached hydrogen (secondary N) is 1. The van der Waals surface area contributed by atoms with E-state index in [2.05, 4.69) is 10.3 Å². The average molecular weight is 349 g/mol. The molecule has 5 nitrogen and oxygen atoms in total. The highest BCUT2D eigenvalue weighted by Gasteiger charge is 2.55. The van der Waals surface area contributed by atoms with Gasteiger partial charge in [-0.2, -0.15) is 13.2 Å². The standard InChI is InChI=1S/C14H18F3N3O2S/c15-14(16,17)13(22)5-2-6-20(8-13)7-11(21)19-12-18-9-3-1-4-10(9)23-12/h22H,1-8H2,(H,18,19,21)/t13-/m0/s1. The van der Waals surface area contributed by atoms with E-state index < -0.39 is 24.2 Å². The van der Waals surface area contributed by atoms with Gasteiger partial charge in [0, 0.05) is 11.4 Å². The predicted octanol–water partition coefficient (Wildman–Crippen LogP) is 1.96. The van der Waals surface area contributed by atoms with Crippen molar-refractivity contribution in [2.45, 2.75) is 43.9 Å². The zero-order chi connectivity index (χ0) is 16.7. The van der Waals surface area contributed by atoms with Gasteiger partial charge in [-0.1, -0.05) is 0 Å². The van der Waals surface area contributed by atoms with Gasteiger partial charge in [-0.3, -0.25) is 9.69 Å². The molecule has 23 heavy (non-hydrogen) atoms. The fourth-order valence-electron chi connectivity index (χ4n) is 3.10. The lowest BCUT2D eigenvalue weighted by molar-refractivity contribution is -0.273. The molecule has 2 heterocycles. The highest BCUT2D eigenvalue weighted by molar-refractivity contribution is 7.15. The molecule has 1 aromatic heterocycles. The summed E-state index contributed by atoms with van der Waals surface area (Å²) in [5.74, 6) is -0.399. The molecule has 0 radical (unpaired) electrons. The summed E-state index contributed by atoms with van der Waals surface area (Å²) in [4.78, 5) is 18.9. The van der Waals surface area contributed by atoms with Crippen LogP contribution < -0.4 is 5.32 Å². The van der Waals surface area contributed by atoms with Gasteiger partial charge >= 0.3 is 6.18 Å². The first kappa shape index (κ1) is 16.7. The van der Waals surface area contributed by atoms with Crippen LogP contribution in [-0.2, 0) is 17.6 Å². The number of thiazole rings is 1. The van der Waals surface area contributed by atoms with E-state index in [1.54, 1.807) is 0 Å². The van der Waals surface area contributed by atoms with Crippen molar-refractivity contribution >= 4 is 22.4 Å². The van der Waals surface area contributed by atoms with Gasteiger partial charge in [0.25, 0.3) is 0 Å². The van der Waals surface area contributed by atoms with Gasteiger partial charge in [0.15, 0.2) is 10.7 Å². The molecule has 3 rings (SSSR count). The van der Waals surface area contributed by atoms with Crippen molar-refractivity contribution in [2.75, 3.05) is 25.0 Å². The summed E-state index contributed by atoms with van der Waals surface area (Å²) in [7, 11) is 0. The Morgan fingerprint density at radius 3 is 2.87 bits per heavy atom. The van der Waals surface area contributed by atoms with Crippen LogP contribution in [0.1, 0.15) is 29.8 Å². The highest BCUT2D eigenvalue weighted by Crippen LogP contribution is 2.37. The fourth-order valence-corrected chi connectivity index (χ4v) is 4.16. The lowest BCUT2D eigenvalue weighted by Gasteiger charge is -2.39. The molecule has 0 saturated carbocycles. The summed E-state index contributed by atoms with van der Waals surface area (Å²) in [5, 5.41) is 12.9. The monoisotopic (exact) mass is 349 g/mol. The van der Waals surface area contributed by atoms with E-state index in [0.29, 0.717) is 11.7 Å². The van der Waals surface area contributed by atoms with Crippen LogP contribution in [0.25, 0.3) is 0 Å². The maximum Gasteiger partial charge on any atom is 0.418 e. The number of anilines is 1. The molecule has 1 saturated heterocycles. The van der Waals surface area contributed by atoms with Crippen molar-refractivity contribution in [1.82, 2.24) is 9.88 Å². The maximum absolute atomic E-state index is 12.9. The number of hydrogen-bond acceptors (Lipinski definition) is 5. The van der Waals surface area contributed by atoms with Gasteiger partial charge in [-0.25, -0.2) is 4.98 Å². The smallest absolute Gasteiger partial charge is 0.379 e. The second kappa shape index (κ2) is 6.03. The summed E-state index contributed by atoms with van der Waals surface area (Å²) in [6.07, 6.45) is -1.85. The number of β-amino-alcohol motifs (C(OH)–C–C–N with tert-alkyl or cyclic N) is 1. The third-order valence-corrected chi connectivity index (χ3v) is 5.36. The van der Waals surface area contributed by atoms with E-state index in [-0.39, 0.29) is 19.4 Å². The van der Waals surface area contributed by atoms with E-state index in [1.807, 2.05) is 0 Å². The number of halogens is 3. The first-order chi connectivity index (χ1) is 10.8. The number of alkyl halides is 3. The number of amides is 1. The van der Waals surface area contributed by atoms with E-state index in [4.69, 9.17) is 0 Å². The van der Waals surface area contributed by atoms with Crippen molar-refractivity contribution in [2.24, 2.45) is 0 Å². The normalized spacial score (nSPS) is 25.4. The lowest BCUT2D eigenvalue weighted by Crippen LogP contribution is -2.57. The minimum atomic E-state index is -4.68. The van der Waals surface area contributed by atoms with Crippen molar-refractivity contribution in [1.29, 1.82) is 0 Å². The summed E-state index contributed by atoms with van der Waals surface area (Å²) in [6, 6.07) is 0. The fraction of sp³-hybridized carbons (Fsp3) is 0.714. The van der Waals surface area contributed by atoms with Gasteiger partial charge in [-0.05, 0) is 38.6 Å². The Morgan fingerprint density at radius 1 is 1.39 bits per heavy atom. The molecule has 1 amide bonds. The lowest BCUT2D eigenvalue weighted by atomic mass is 9.92. The molecule has 0 bridgehead atoms. The zero-order valence-corrected chi connectivity index (χ0v) is 13.3. The summed E-state index contributed by atoms with van der Waals surface area (Å²) in [6.45, 7) is -0.388. The Balaban J connectivity index is 1.57. The molecule has 1 aromatic rings. The number of aliphatic hydroxyl groups is 1. The molecule has 1 fully saturated rings. The first-order valence-electron chi connectivity index (χ1n) is 7.57. The molecule has 0 spiro atoms. The summed E-state index contributed by atoms with van der Waals surface area (Å²) >= 11 is 1.43. The number of aryl methyl sites for hydroxylation is 2. The molecule has 0 unspecified atom stereocenters. The van der Waals surface area contributed by atoms with Gasteiger partial charge in [0.2, 0.25) is 5.91 Å². The molecule has 1 aliphatic carbocycles. The van der Waals surface area contributed by atoms with E-state index in [9.17, 15) is 23.1 Å². The Labute approximate surface area is 135 Å². The van der Waals surface area contributed by atoms with Gasteiger partial charge in [-0.15, -0.1) is 11.3 Å². The van der Waals surface area contributed by atoms with E-state index in [1.165, 1.54) is 21.1 Å². The van der Waals surface area contributed by atoms with Crippen LogP contribution in [-0.4, -0.2) is 52.3 Å². The van der Waals surface area contributed by atoms with Gasteiger partial charge < -0.3 is 10.4 Å². The van der Waals surface area contributed by atoms with Crippen LogP contribution in [0.5, 0.6) is 0 Å². The molecular weight excluding hydrogens is 331 g/mol. The molecule has 128 valence electrons. The number of likely N-dealkylation sites (tertiary alicyclic amines) is 1. The van der Waals surface area contributed by atoms with Crippen molar-refractivity contribution < 1.29 is 23.1 Å². The van der Waals surface area contributed by atoms with Gasteiger partial charge in [0.1, 0.15) is 0 Å². The zero-order valence-electron chi connectivity index (χ0n) is 12.4. The molecular formula is C14H18F3N3O2S. The number of fused-ring (bicyclic) bond motifs is 1. The van der Waals surface area contributed by atoms with Crippen LogP contribution >= 0.6 is 11.3 Å². The van der Waals surface area contributed by atoms with Crippen LogP contribution in [0, 0.1) is 0 Å². The van der Waals surface area contributed by atoms with Gasteiger partial charge in [0.05, 0.1) is 12.2 Å². The highest BCUT2D eigenvalue weighted by atomic mass is 32.1. The second-order valence-corrected chi connectivity index (χ2v) is 7.22. The average Bonchev–Trinajstić information content (AvgIpc) is 2.98. The molecule has 9 heteroatoms. The number of nitrogens with zero attached hydrogens (tertiary/aromatic N) is 2. The van der Waals surface area contributed by atoms with Crippen LogP contribution in [0.15, 0.2) is 0 Å². The predicted molar refractivity (Wildman–Crippen MR) is 79.4 cm³/mol. The summed E-state index contributed by atoms with van der Waals surface area (Å²) < 4.78 is 38.7. The number of rotatable bonds is 3. The molecule has 2 aliphatic rings. The number of carbonyl (C=O) groups excluding carboxylic acids is 1. The number of carbonyl (C=O) groups is 1. The third kappa shape index (κ3) is 3.51. The minimum absolute atomic E-state index is 0.178. The molecule has 0 aromatic carbocycles. The topological polar surface area (TPSA) is 65.5 Å². The number of piperidine rings is 1. The Morgan fingerprint density at radius 2 is 2.17 bits per heavy atom. The Kier molecular flexibility index (Phi) is 4.37. The summed E-state index contributed by atoms with van der Waals surface area (Å²) in [5.41, 5.74) is -1.72. The van der Waals surface area contributed by atoms with Crippen LogP contribution in [0.4, 0.5) is 18.3 Å². The molecule has 2 N–H and O–H groups in total. The SMILES string of the molecule is O=C(CN1CCC[C@@](O)(C(F)(F)F)C1)Nc1nc2c(s1)CCC2. The van der Waals surface area contributed by atoms with Crippen LogP contribution in [0.3, 0.4) is 0 Å². The van der Waals surface area contributed by atoms with Crippen molar-refractivity contribution in [3.8, 4) is 0 Å². The van der Waals surface area contributed by atoms with E-state index >= 15 is 0 Å². The van der Waals surface area contributed by atoms with E-state index in [0.717, 1.165) is 25.0 Å². The second-order valence-electron chi connectivity index (χ2n) is 6.13. The minimum Gasteiger partial charge on any atom is -0.379 e. The largest absolute Gasteiger partial charge is 0.418 e. The van der Waals surface area contributed by atoms with Crippen LogP contribution in [0.2, 0.25) is 0 Å². The first-order valence-corrected chi connectivity index (χ1v) is 8.38. The quantitative estimate of drug-likeness (QED) is 0.876. The molecule has 1 aliphatic heterocycles. The number of aromatic nitrogens is 1. The third-order valence-electron chi connectivity index (χ3n) is 4.29. The maximum atomic E-state index is 12.9. The van der Waals surface area contributed by atoms with Crippen molar-refractivity contribution in [3.63, 3.8) is 0 Å².